The van der Waals surface area contributed by atoms with E-state index in [0.29, 0.717) is 30.1 Å². The molecule has 1 heterocycles. The molecule has 0 atom stereocenters. The Morgan fingerprint density at radius 1 is 1.15 bits per heavy atom. The molecule has 2 aromatic carbocycles. The van der Waals surface area contributed by atoms with Crippen LogP contribution in [-0.4, -0.2) is 22.5 Å². The average molecular weight is 368 g/mol. The molecule has 3 aromatic rings. The number of nitrogens with one attached hydrogen (secondary N) is 1. The third-order valence-electron chi connectivity index (χ3n) is 3.79. The van der Waals surface area contributed by atoms with Gasteiger partial charge >= 0.3 is 0 Å². The van der Waals surface area contributed by atoms with Crippen LogP contribution in [0.2, 0.25) is 0 Å². The van der Waals surface area contributed by atoms with Crippen LogP contribution < -0.4 is 10.1 Å². The summed E-state index contributed by atoms with van der Waals surface area (Å²) in [5.41, 5.74) is 1.77. The molecular weight excluding hydrogens is 348 g/mol. The number of thiazole rings is 1. The van der Waals surface area contributed by atoms with E-state index in [1.807, 2.05) is 49.4 Å². The van der Waals surface area contributed by atoms with Crippen molar-refractivity contribution in [3.63, 3.8) is 0 Å². The maximum atomic E-state index is 12.4. The topological polar surface area (TPSA) is 71.5 Å². The summed E-state index contributed by atoms with van der Waals surface area (Å²) in [6.07, 6.45) is 0.702. The minimum Gasteiger partial charge on any atom is -0.508 e. The van der Waals surface area contributed by atoms with E-state index in [4.69, 9.17) is 4.74 Å². The summed E-state index contributed by atoms with van der Waals surface area (Å²) in [5, 5.41) is 13.0. The van der Waals surface area contributed by atoms with Gasteiger partial charge in [-0.05, 0) is 43.2 Å². The Labute approximate surface area is 156 Å². The number of hydrogen-bond donors (Lipinski definition) is 2. The van der Waals surface area contributed by atoms with E-state index in [-0.39, 0.29) is 11.7 Å². The fraction of sp³-hybridized carbons (Fsp3) is 0.200. The van der Waals surface area contributed by atoms with E-state index in [9.17, 15) is 9.90 Å². The lowest BCUT2D eigenvalue weighted by Gasteiger charge is -2.04. The molecule has 0 aliphatic heterocycles. The highest BCUT2D eigenvalue weighted by atomic mass is 32.1. The average Bonchev–Trinajstić information content (AvgIpc) is 3.03. The number of phenols is 1. The summed E-state index contributed by atoms with van der Waals surface area (Å²) in [4.78, 5) is 17.4. The third kappa shape index (κ3) is 4.83. The molecule has 1 amide bonds. The number of aromatic hydroxyl groups is 1. The van der Waals surface area contributed by atoms with E-state index >= 15 is 0 Å². The molecule has 0 bridgehead atoms. The summed E-state index contributed by atoms with van der Waals surface area (Å²) in [5.74, 6) is 0.897. The molecule has 0 fully saturated rings. The van der Waals surface area contributed by atoms with E-state index in [2.05, 4.69) is 10.3 Å². The molecule has 0 unspecified atom stereocenters. The number of rotatable bonds is 7. The lowest BCUT2D eigenvalue weighted by molar-refractivity contribution is 0.0957. The van der Waals surface area contributed by atoms with Crippen LogP contribution in [0.25, 0.3) is 0 Å². The molecule has 26 heavy (non-hydrogen) atoms. The molecule has 3 rings (SSSR count). The molecular formula is C20H20N2O3S. The van der Waals surface area contributed by atoms with Gasteiger partial charge in [-0.2, -0.15) is 0 Å². The van der Waals surface area contributed by atoms with Gasteiger partial charge in [0.1, 0.15) is 28.0 Å². The number of carbonyl (C=O) groups excluding carboxylic acids is 1. The minimum absolute atomic E-state index is 0.121. The van der Waals surface area contributed by atoms with Gasteiger partial charge in [0, 0.05) is 6.54 Å². The Morgan fingerprint density at radius 2 is 1.88 bits per heavy atom. The third-order valence-corrected chi connectivity index (χ3v) is 4.92. The highest BCUT2D eigenvalue weighted by Crippen LogP contribution is 2.20. The van der Waals surface area contributed by atoms with Gasteiger partial charge in [-0.3, -0.25) is 4.79 Å². The van der Waals surface area contributed by atoms with Gasteiger partial charge in [0.05, 0.1) is 5.69 Å². The number of aryl methyl sites for hydroxylation is 1. The number of phenolic OH excluding ortho intramolecular Hbond substituents is 1. The van der Waals surface area contributed by atoms with Gasteiger partial charge in [-0.25, -0.2) is 4.98 Å². The molecule has 1 aromatic heterocycles. The first-order valence-corrected chi connectivity index (χ1v) is 9.14. The standard InChI is InChI=1S/C20H20N2O3S/c1-14-19(20(24)21-12-11-15-7-9-16(23)10-8-15)26-18(22-14)13-25-17-5-3-2-4-6-17/h2-10,23H,11-13H2,1H3,(H,21,24). The highest BCUT2D eigenvalue weighted by Gasteiger charge is 2.15. The van der Waals surface area contributed by atoms with Crippen LogP contribution >= 0.6 is 11.3 Å². The number of aromatic nitrogens is 1. The van der Waals surface area contributed by atoms with E-state index < -0.39 is 0 Å². The summed E-state index contributed by atoms with van der Waals surface area (Å²) in [6.45, 7) is 2.70. The number of nitrogens with zero attached hydrogens (tertiary/aromatic N) is 1. The van der Waals surface area contributed by atoms with Crippen molar-refractivity contribution in [2.24, 2.45) is 0 Å². The monoisotopic (exact) mass is 368 g/mol. The van der Waals surface area contributed by atoms with Crippen LogP contribution in [0.3, 0.4) is 0 Å². The lowest BCUT2D eigenvalue weighted by Crippen LogP contribution is -2.25. The van der Waals surface area contributed by atoms with Crippen LogP contribution in [-0.2, 0) is 13.0 Å². The summed E-state index contributed by atoms with van der Waals surface area (Å²) >= 11 is 1.35. The SMILES string of the molecule is Cc1nc(COc2ccccc2)sc1C(=O)NCCc1ccc(O)cc1. The second-order valence-corrected chi connectivity index (χ2v) is 6.88. The molecule has 5 nitrogen and oxygen atoms in total. The fourth-order valence-electron chi connectivity index (χ4n) is 2.45. The highest BCUT2D eigenvalue weighted by molar-refractivity contribution is 7.13. The van der Waals surface area contributed by atoms with Gasteiger partial charge < -0.3 is 15.2 Å². The first kappa shape index (κ1) is 17.9. The Kier molecular flexibility index (Phi) is 5.86. The summed E-state index contributed by atoms with van der Waals surface area (Å²) in [7, 11) is 0. The van der Waals surface area contributed by atoms with Crippen LogP contribution in [0, 0.1) is 6.92 Å². The van der Waals surface area contributed by atoms with Gasteiger partial charge in [0.15, 0.2) is 0 Å². The maximum Gasteiger partial charge on any atom is 0.263 e. The Balaban J connectivity index is 1.52. The molecule has 6 heteroatoms. The van der Waals surface area contributed by atoms with Gasteiger partial charge in [-0.1, -0.05) is 30.3 Å². The van der Waals surface area contributed by atoms with Crippen molar-refractivity contribution < 1.29 is 14.6 Å². The summed E-state index contributed by atoms with van der Waals surface area (Å²) < 4.78 is 5.68. The van der Waals surface area contributed by atoms with E-state index in [1.165, 1.54) is 11.3 Å². The second-order valence-electron chi connectivity index (χ2n) is 5.80. The molecule has 0 saturated carbocycles. The van der Waals surface area contributed by atoms with Crippen LogP contribution in [0.5, 0.6) is 11.5 Å². The number of amides is 1. The van der Waals surface area contributed by atoms with Crippen LogP contribution in [0.1, 0.15) is 25.9 Å². The van der Waals surface area contributed by atoms with E-state index in [0.717, 1.165) is 16.3 Å². The van der Waals surface area contributed by atoms with Gasteiger partial charge in [-0.15, -0.1) is 11.3 Å². The molecule has 2 N–H and O–H groups in total. The Hall–Kier alpha value is -2.86. The number of hydrogen-bond acceptors (Lipinski definition) is 5. The summed E-state index contributed by atoms with van der Waals surface area (Å²) in [6, 6.07) is 16.5. The van der Waals surface area contributed by atoms with Crippen molar-refractivity contribution in [1.82, 2.24) is 10.3 Å². The maximum absolute atomic E-state index is 12.4. The quantitative estimate of drug-likeness (QED) is 0.667. The predicted octanol–water partition coefficient (Wildman–Crippen LogP) is 3.71. The molecule has 0 aliphatic carbocycles. The zero-order valence-corrected chi connectivity index (χ0v) is 15.3. The molecule has 0 saturated heterocycles. The number of ether oxygens (including phenoxy) is 1. The Morgan fingerprint density at radius 3 is 2.62 bits per heavy atom. The van der Waals surface area contributed by atoms with Crippen molar-refractivity contribution in [2.45, 2.75) is 20.0 Å². The smallest absolute Gasteiger partial charge is 0.263 e. The van der Waals surface area contributed by atoms with Crippen molar-refractivity contribution >= 4 is 17.2 Å². The molecule has 0 spiro atoms. The normalized spacial score (nSPS) is 10.5. The fourth-order valence-corrected chi connectivity index (χ4v) is 3.34. The van der Waals surface area contributed by atoms with Gasteiger partial charge in [0.25, 0.3) is 5.91 Å². The van der Waals surface area contributed by atoms with Crippen molar-refractivity contribution in [2.75, 3.05) is 6.54 Å². The van der Waals surface area contributed by atoms with Crippen LogP contribution in [0.15, 0.2) is 54.6 Å². The predicted molar refractivity (Wildman–Crippen MR) is 102 cm³/mol. The molecule has 0 aliphatic rings. The second kappa shape index (κ2) is 8.49. The first-order valence-electron chi connectivity index (χ1n) is 8.32. The number of benzene rings is 2. The van der Waals surface area contributed by atoms with Crippen molar-refractivity contribution in [3.8, 4) is 11.5 Å². The number of para-hydroxylation sites is 1. The van der Waals surface area contributed by atoms with Crippen molar-refractivity contribution in [1.29, 1.82) is 0 Å². The zero-order valence-electron chi connectivity index (χ0n) is 14.4. The van der Waals surface area contributed by atoms with E-state index in [1.54, 1.807) is 12.1 Å². The van der Waals surface area contributed by atoms with Gasteiger partial charge in [0.2, 0.25) is 0 Å². The first-order chi connectivity index (χ1) is 12.6. The van der Waals surface area contributed by atoms with Crippen LogP contribution in [0.4, 0.5) is 0 Å². The number of carbonyl (C=O) groups is 1. The Bertz CT molecular complexity index is 861. The molecule has 0 radical (unpaired) electrons. The molecule has 134 valence electrons. The zero-order chi connectivity index (χ0) is 18.4. The minimum atomic E-state index is -0.121. The lowest BCUT2D eigenvalue weighted by atomic mass is 10.1. The largest absolute Gasteiger partial charge is 0.508 e. The van der Waals surface area contributed by atoms with Crippen molar-refractivity contribution in [3.05, 3.63) is 75.7 Å².